The van der Waals surface area contributed by atoms with Crippen LogP contribution < -0.4 is 5.73 Å². The van der Waals surface area contributed by atoms with Crippen LogP contribution in [0.3, 0.4) is 0 Å². The summed E-state index contributed by atoms with van der Waals surface area (Å²) in [6, 6.07) is 0. The Morgan fingerprint density at radius 1 is 1.42 bits per heavy atom. The SMILES string of the molecule is CCC(C)(C)CCCC(N)=NC. The second kappa shape index (κ2) is 5.18. The van der Waals surface area contributed by atoms with Crippen LogP contribution in [0.4, 0.5) is 0 Å². The molecule has 0 aromatic rings. The molecule has 0 bridgehead atoms. The highest BCUT2D eigenvalue weighted by Crippen LogP contribution is 2.26. The zero-order valence-electron chi connectivity index (χ0n) is 8.85. The van der Waals surface area contributed by atoms with Crippen LogP contribution in [0, 0.1) is 5.41 Å². The Labute approximate surface area is 76.3 Å². The standard InChI is InChI=1S/C10H22N2/c1-5-10(2,3)8-6-7-9(11)12-4/h5-8H2,1-4H3,(H2,11,12). The summed E-state index contributed by atoms with van der Waals surface area (Å²) in [5.74, 6) is 0.780. The van der Waals surface area contributed by atoms with E-state index in [0.29, 0.717) is 5.41 Å². The Morgan fingerprint density at radius 3 is 2.42 bits per heavy atom. The van der Waals surface area contributed by atoms with Gasteiger partial charge in [0.2, 0.25) is 0 Å². The lowest BCUT2D eigenvalue weighted by atomic mass is 9.85. The van der Waals surface area contributed by atoms with Crippen molar-refractivity contribution in [1.82, 2.24) is 0 Å². The van der Waals surface area contributed by atoms with E-state index in [-0.39, 0.29) is 0 Å². The first kappa shape index (κ1) is 11.5. The molecule has 0 rings (SSSR count). The Kier molecular flexibility index (Phi) is 4.95. The summed E-state index contributed by atoms with van der Waals surface area (Å²) in [6.07, 6.45) is 4.57. The van der Waals surface area contributed by atoms with Crippen LogP contribution in [-0.4, -0.2) is 12.9 Å². The summed E-state index contributed by atoms with van der Waals surface area (Å²) in [7, 11) is 1.75. The molecule has 0 radical (unpaired) electrons. The number of amidine groups is 1. The molecule has 2 heteroatoms. The van der Waals surface area contributed by atoms with E-state index >= 15 is 0 Å². The quantitative estimate of drug-likeness (QED) is 0.500. The van der Waals surface area contributed by atoms with E-state index in [9.17, 15) is 0 Å². The average Bonchev–Trinajstić information content (AvgIpc) is 2.04. The third kappa shape index (κ3) is 5.16. The van der Waals surface area contributed by atoms with E-state index in [1.165, 1.54) is 12.8 Å². The van der Waals surface area contributed by atoms with Gasteiger partial charge in [-0.1, -0.05) is 27.2 Å². The predicted octanol–water partition coefficient (Wildman–Crippen LogP) is 2.58. The largest absolute Gasteiger partial charge is 0.387 e. The molecule has 0 amide bonds. The van der Waals surface area contributed by atoms with Crippen molar-refractivity contribution in [2.24, 2.45) is 16.1 Å². The molecule has 2 nitrogen and oxygen atoms in total. The highest BCUT2D eigenvalue weighted by molar-refractivity contribution is 5.79. The molecular formula is C10H22N2. The Morgan fingerprint density at radius 2 is 2.00 bits per heavy atom. The van der Waals surface area contributed by atoms with Crippen LogP contribution in [0.2, 0.25) is 0 Å². The van der Waals surface area contributed by atoms with E-state index in [1.54, 1.807) is 7.05 Å². The van der Waals surface area contributed by atoms with Crippen molar-refractivity contribution in [3.63, 3.8) is 0 Å². The fourth-order valence-electron chi connectivity index (χ4n) is 1.04. The van der Waals surface area contributed by atoms with E-state index in [0.717, 1.165) is 18.7 Å². The van der Waals surface area contributed by atoms with Gasteiger partial charge in [0.15, 0.2) is 0 Å². The molecule has 0 saturated heterocycles. The lowest BCUT2D eigenvalue weighted by molar-refractivity contribution is 0.315. The van der Waals surface area contributed by atoms with Crippen molar-refractivity contribution in [2.45, 2.75) is 46.5 Å². The zero-order valence-corrected chi connectivity index (χ0v) is 8.85. The minimum Gasteiger partial charge on any atom is -0.387 e. The molecule has 0 saturated carbocycles. The van der Waals surface area contributed by atoms with Gasteiger partial charge in [-0.15, -0.1) is 0 Å². The second-order valence-corrected chi connectivity index (χ2v) is 4.09. The van der Waals surface area contributed by atoms with Crippen LogP contribution in [0.5, 0.6) is 0 Å². The molecule has 0 atom stereocenters. The van der Waals surface area contributed by atoms with E-state index in [4.69, 9.17) is 5.73 Å². The molecule has 72 valence electrons. The van der Waals surface area contributed by atoms with Gasteiger partial charge >= 0.3 is 0 Å². The minimum atomic E-state index is 0.466. The van der Waals surface area contributed by atoms with E-state index in [2.05, 4.69) is 25.8 Å². The Hall–Kier alpha value is -0.530. The van der Waals surface area contributed by atoms with Crippen LogP contribution in [0.15, 0.2) is 4.99 Å². The van der Waals surface area contributed by atoms with Crippen LogP contribution in [0.25, 0.3) is 0 Å². The molecule has 0 aliphatic carbocycles. The van der Waals surface area contributed by atoms with Crippen LogP contribution >= 0.6 is 0 Å². The summed E-state index contributed by atoms with van der Waals surface area (Å²) >= 11 is 0. The van der Waals surface area contributed by atoms with Crippen molar-refractivity contribution in [1.29, 1.82) is 0 Å². The maximum atomic E-state index is 5.59. The van der Waals surface area contributed by atoms with Crippen molar-refractivity contribution in [2.75, 3.05) is 7.05 Å². The summed E-state index contributed by atoms with van der Waals surface area (Å²) < 4.78 is 0. The first-order valence-electron chi connectivity index (χ1n) is 4.73. The maximum absolute atomic E-state index is 5.59. The Balaban J connectivity index is 3.56. The summed E-state index contributed by atoms with van der Waals surface area (Å²) in [5.41, 5.74) is 6.06. The zero-order chi connectivity index (χ0) is 9.61. The fraction of sp³-hybridized carbons (Fsp3) is 0.900. The highest BCUT2D eigenvalue weighted by Gasteiger charge is 2.13. The number of rotatable bonds is 5. The summed E-state index contributed by atoms with van der Waals surface area (Å²) in [4.78, 5) is 3.93. The topological polar surface area (TPSA) is 38.4 Å². The first-order chi connectivity index (χ1) is 5.52. The van der Waals surface area contributed by atoms with E-state index < -0.39 is 0 Å². The Bertz CT molecular complexity index is 148. The highest BCUT2D eigenvalue weighted by atomic mass is 14.8. The third-order valence-corrected chi connectivity index (χ3v) is 2.53. The molecule has 12 heavy (non-hydrogen) atoms. The molecule has 0 spiro atoms. The van der Waals surface area contributed by atoms with Gasteiger partial charge in [0.05, 0.1) is 5.84 Å². The van der Waals surface area contributed by atoms with Gasteiger partial charge in [-0.2, -0.15) is 0 Å². The summed E-state index contributed by atoms with van der Waals surface area (Å²) in [6.45, 7) is 6.83. The molecule has 0 heterocycles. The number of hydrogen-bond donors (Lipinski definition) is 1. The van der Waals surface area contributed by atoms with Crippen LogP contribution in [-0.2, 0) is 0 Å². The monoisotopic (exact) mass is 170 g/mol. The van der Waals surface area contributed by atoms with Gasteiger partial charge in [-0.05, 0) is 18.3 Å². The second-order valence-electron chi connectivity index (χ2n) is 4.09. The molecule has 2 N–H and O–H groups in total. The van der Waals surface area contributed by atoms with Gasteiger partial charge < -0.3 is 5.73 Å². The van der Waals surface area contributed by atoms with Gasteiger partial charge in [0, 0.05) is 13.5 Å². The average molecular weight is 170 g/mol. The number of hydrogen-bond acceptors (Lipinski definition) is 1. The normalized spacial score (nSPS) is 13.5. The van der Waals surface area contributed by atoms with Gasteiger partial charge in [-0.25, -0.2) is 0 Å². The number of nitrogens with zero attached hydrogens (tertiary/aromatic N) is 1. The van der Waals surface area contributed by atoms with Crippen LogP contribution in [0.1, 0.15) is 46.5 Å². The number of aliphatic imine (C=N–C) groups is 1. The lowest BCUT2D eigenvalue weighted by Crippen LogP contribution is -2.14. The predicted molar refractivity (Wildman–Crippen MR) is 55.5 cm³/mol. The van der Waals surface area contributed by atoms with Gasteiger partial charge in [0.25, 0.3) is 0 Å². The van der Waals surface area contributed by atoms with Crippen molar-refractivity contribution in [3.8, 4) is 0 Å². The molecule has 0 fully saturated rings. The first-order valence-corrected chi connectivity index (χ1v) is 4.73. The third-order valence-electron chi connectivity index (χ3n) is 2.53. The molecule has 0 aliphatic rings. The summed E-state index contributed by atoms with van der Waals surface area (Å²) in [5, 5.41) is 0. The molecular weight excluding hydrogens is 148 g/mol. The molecule has 0 unspecified atom stereocenters. The molecule has 0 aliphatic heterocycles. The van der Waals surface area contributed by atoms with E-state index in [1.807, 2.05) is 0 Å². The van der Waals surface area contributed by atoms with Crippen molar-refractivity contribution in [3.05, 3.63) is 0 Å². The van der Waals surface area contributed by atoms with Crippen molar-refractivity contribution >= 4 is 5.84 Å². The van der Waals surface area contributed by atoms with Crippen molar-refractivity contribution < 1.29 is 0 Å². The molecule has 0 aromatic carbocycles. The van der Waals surface area contributed by atoms with Gasteiger partial charge in [-0.3, -0.25) is 4.99 Å². The molecule has 0 aromatic heterocycles. The van der Waals surface area contributed by atoms with Gasteiger partial charge in [0.1, 0.15) is 0 Å². The minimum absolute atomic E-state index is 0.466. The fourth-order valence-corrected chi connectivity index (χ4v) is 1.04. The maximum Gasteiger partial charge on any atom is 0.0933 e. The lowest BCUT2D eigenvalue weighted by Gasteiger charge is -2.21. The number of nitrogens with two attached hydrogens (primary N) is 1. The smallest absolute Gasteiger partial charge is 0.0933 e.